The third-order valence-electron chi connectivity index (χ3n) is 3.28. The van der Waals surface area contributed by atoms with Crippen molar-refractivity contribution in [1.82, 2.24) is 4.98 Å². The molecule has 0 fully saturated rings. The lowest BCUT2D eigenvalue weighted by atomic mass is 10.2. The maximum absolute atomic E-state index is 12.4. The molecule has 0 unspecified atom stereocenters. The van der Waals surface area contributed by atoms with Crippen molar-refractivity contribution in [3.63, 3.8) is 0 Å². The van der Waals surface area contributed by atoms with Gasteiger partial charge in [-0.3, -0.25) is 9.59 Å². The number of benzene rings is 1. The van der Waals surface area contributed by atoms with Gasteiger partial charge in [0.05, 0.1) is 5.69 Å². The average molecular weight is 364 g/mol. The van der Waals surface area contributed by atoms with Crippen LogP contribution in [0.4, 0.5) is 11.4 Å². The van der Waals surface area contributed by atoms with E-state index in [-0.39, 0.29) is 10.6 Å². The number of thiophene rings is 1. The Labute approximate surface area is 143 Å². The molecule has 1 amide bonds. The van der Waals surface area contributed by atoms with Crippen LogP contribution in [0, 0.1) is 0 Å². The predicted molar refractivity (Wildman–Crippen MR) is 93.2 cm³/mol. The monoisotopic (exact) mass is 363 g/mol. The fourth-order valence-electron chi connectivity index (χ4n) is 2.12. The topological polar surface area (TPSA) is 125 Å². The molecule has 0 radical (unpaired) electrons. The number of nitrogens with two attached hydrogens (primary N) is 1. The number of anilines is 2. The number of hydrogen-bond acceptors (Lipinski definition) is 5. The molecule has 3 aromatic rings. The Hall–Kier alpha value is -2.84. The molecule has 0 aliphatic rings. The van der Waals surface area contributed by atoms with Crippen LogP contribution in [0.25, 0.3) is 10.2 Å². The molecule has 3 rings (SSSR count). The summed E-state index contributed by atoms with van der Waals surface area (Å²) in [4.78, 5) is 38.1. The number of pyridine rings is 1. The number of nitrogen functional groups attached to an aromatic ring is 1. The lowest BCUT2D eigenvalue weighted by Crippen LogP contribution is -2.16. The molecular weight excluding hydrogens is 354 g/mol. The van der Waals surface area contributed by atoms with Gasteiger partial charge in [0.2, 0.25) is 0 Å². The summed E-state index contributed by atoms with van der Waals surface area (Å²) >= 11 is 6.76. The number of halogens is 1. The van der Waals surface area contributed by atoms with E-state index in [2.05, 4.69) is 10.3 Å². The number of H-pyrrole nitrogens is 1. The second-order valence-electron chi connectivity index (χ2n) is 4.87. The van der Waals surface area contributed by atoms with Crippen LogP contribution in [-0.4, -0.2) is 22.0 Å². The number of aromatic carboxylic acids is 1. The number of aromatic nitrogens is 1. The molecule has 1 aromatic carbocycles. The van der Waals surface area contributed by atoms with Crippen LogP contribution in [0.5, 0.6) is 0 Å². The number of hydrogen-bond donors (Lipinski definition) is 4. The molecule has 2 heterocycles. The molecule has 7 nitrogen and oxygen atoms in total. The number of nitrogens with one attached hydrogen (secondary N) is 2. The normalized spacial score (nSPS) is 10.7. The van der Waals surface area contributed by atoms with Gasteiger partial charge in [-0.15, -0.1) is 11.3 Å². The highest BCUT2D eigenvalue weighted by atomic mass is 35.5. The Bertz CT molecular complexity index is 1020. The van der Waals surface area contributed by atoms with Gasteiger partial charge in [-0.1, -0.05) is 11.6 Å². The molecule has 0 atom stereocenters. The van der Waals surface area contributed by atoms with E-state index < -0.39 is 23.0 Å². The van der Waals surface area contributed by atoms with Gasteiger partial charge < -0.3 is 21.1 Å². The minimum absolute atomic E-state index is 0.111. The van der Waals surface area contributed by atoms with Gasteiger partial charge in [0.25, 0.3) is 11.5 Å². The Morgan fingerprint density at radius 3 is 2.54 bits per heavy atom. The fourth-order valence-corrected chi connectivity index (χ4v) is 3.24. The number of amides is 1. The molecule has 5 N–H and O–H groups in total. The zero-order valence-electron chi connectivity index (χ0n) is 11.9. The lowest BCUT2D eigenvalue weighted by Gasteiger charge is -2.04. The highest BCUT2D eigenvalue weighted by Crippen LogP contribution is 2.32. The molecule has 0 saturated carbocycles. The molecule has 0 aliphatic heterocycles. The lowest BCUT2D eigenvalue weighted by molar-refractivity contribution is 0.0695. The average Bonchev–Trinajstić information content (AvgIpc) is 2.85. The standard InChI is InChI=1S/C15H10ClN3O4S/c16-6-1-3-7(4-2-6)18-13(21)11-10(17)8-5-9(15(22)23)12(20)19-14(8)24-11/h1-5H,17H2,(H,18,21)(H,19,20)(H,22,23). The van der Waals surface area contributed by atoms with Gasteiger partial charge in [-0.2, -0.15) is 0 Å². The minimum atomic E-state index is -1.36. The summed E-state index contributed by atoms with van der Waals surface area (Å²) in [6.07, 6.45) is 0. The van der Waals surface area contributed by atoms with Gasteiger partial charge in [0.15, 0.2) is 0 Å². The molecule has 122 valence electrons. The Kier molecular flexibility index (Phi) is 4.00. The van der Waals surface area contributed by atoms with Crippen molar-refractivity contribution in [3.05, 3.63) is 56.1 Å². The molecule has 0 aliphatic carbocycles. The van der Waals surface area contributed by atoms with Crippen LogP contribution < -0.4 is 16.6 Å². The first-order chi connectivity index (χ1) is 11.4. The zero-order valence-corrected chi connectivity index (χ0v) is 13.5. The van der Waals surface area contributed by atoms with Crippen molar-refractivity contribution in [1.29, 1.82) is 0 Å². The Balaban J connectivity index is 2.01. The molecule has 24 heavy (non-hydrogen) atoms. The van der Waals surface area contributed by atoms with E-state index in [4.69, 9.17) is 22.4 Å². The van der Waals surface area contributed by atoms with Crippen molar-refractivity contribution >= 4 is 56.4 Å². The SMILES string of the molecule is Nc1c(C(=O)Nc2ccc(Cl)cc2)sc2[nH]c(=O)c(C(=O)O)cc12. The van der Waals surface area contributed by atoms with E-state index in [0.717, 1.165) is 11.3 Å². The largest absolute Gasteiger partial charge is 0.477 e. The van der Waals surface area contributed by atoms with Crippen LogP contribution in [-0.2, 0) is 0 Å². The maximum atomic E-state index is 12.4. The summed E-state index contributed by atoms with van der Waals surface area (Å²) in [6.45, 7) is 0. The summed E-state index contributed by atoms with van der Waals surface area (Å²) < 4.78 is 0. The smallest absolute Gasteiger partial charge is 0.341 e. The van der Waals surface area contributed by atoms with Crippen LogP contribution >= 0.6 is 22.9 Å². The van der Waals surface area contributed by atoms with E-state index in [9.17, 15) is 14.4 Å². The quantitative estimate of drug-likeness (QED) is 0.569. The number of carboxylic acids is 1. The van der Waals surface area contributed by atoms with E-state index in [1.807, 2.05) is 0 Å². The van der Waals surface area contributed by atoms with E-state index >= 15 is 0 Å². The van der Waals surface area contributed by atoms with E-state index in [0.29, 0.717) is 20.9 Å². The first-order valence-corrected chi connectivity index (χ1v) is 7.82. The van der Waals surface area contributed by atoms with Crippen LogP contribution in [0.1, 0.15) is 20.0 Å². The number of rotatable bonds is 3. The third kappa shape index (κ3) is 2.84. The number of carbonyl (C=O) groups excluding carboxylic acids is 1. The molecule has 0 spiro atoms. The highest BCUT2D eigenvalue weighted by molar-refractivity contribution is 7.21. The van der Waals surface area contributed by atoms with Crippen molar-refractivity contribution in [3.8, 4) is 0 Å². The fraction of sp³-hybridized carbons (Fsp3) is 0. The first-order valence-electron chi connectivity index (χ1n) is 6.62. The number of carboxylic acid groups (broad SMARTS) is 1. The second kappa shape index (κ2) is 5.99. The first kappa shape index (κ1) is 16.0. The van der Waals surface area contributed by atoms with Crippen LogP contribution in [0.2, 0.25) is 5.02 Å². The van der Waals surface area contributed by atoms with Gasteiger partial charge >= 0.3 is 5.97 Å². The molecule has 2 aromatic heterocycles. The Morgan fingerprint density at radius 2 is 1.92 bits per heavy atom. The summed E-state index contributed by atoms with van der Waals surface area (Å²) in [7, 11) is 0. The predicted octanol–water partition coefficient (Wildman–Crippen LogP) is 2.78. The number of aromatic amines is 1. The van der Waals surface area contributed by atoms with Crippen LogP contribution in [0.15, 0.2) is 35.1 Å². The molecular formula is C15H10ClN3O4S. The van der Waals surface area contributed by atoms with Gasteiger partial charge in [0.1, 0.15) is 15.3 Å². The summed E-state index contributed by atoms with van der Waals surface area (Å²) in [6, 6.07) is 7.69. The van der Waals surface area contributed by atoms with Crippen molar-refractivity contribution in [2.24, 2.45) is 0 Å². The van der Waals surface area contributed by atoms with Gasteiger partial charge in [0, 0.05) is 16.1 Å². The van der Waals surface area contributed by atoms with Gasteiger partial charge in [-0.05, 0) is 30.3 Å². The summed E-state index contributed by atoms with van der Waals surface area (Å²) in [5, 5.41) is 12.5. The van der Waals surface area contributed by atoms with Crippen molar-refractivity contribution in [2.75, 3.05) is 11.1 Å². The van der Waals surface area contributed by atoms with E-state index in [1.165, 1.54) is 6.07 Å². The number of carbonyl (C=O) groups is 2. The third-order valence-corrected chi connectivity index (χ3v) is 4.67. The summed E-state index contributed by atoms with van der Waals surface area (Å²) in [5.74, 6) is -1.83. The number of fused-ring (bicyclic) bond motifs is 1. The second-order valence-corrected chi connectivity index (χ2v) is 6.32. The zero-order chi connectivity index (χ0) is 17.4. The molecule has 0 saturated heterocycles. The highest BCUT2D eigenvalue weighted by Gasteiger charge is 2.20. The maximum Gasteiger partial charge on any atom is 0.341 e. The van der Waals surface area contributed by atoms with Crippen molar-refractivity contribution in [2.45, 2.75) is 0 Å². The van der Waals surface area contributed by atoms with Gasteiger partial charge in [-0.25, -0.2) is 4.79 Å². The minimum Gasteiger partial charge on any atom is -0.477 e. The van der Waals surface area contributed by atoms with Crippen molar-refractivity contribution < 1.29 is 14.7 Å². The summed E-state index contributed by atoms with van der Waals surface area (Å²) in [5.41, 5.74) is 5.41. The Morgan fingerprint density at radius 1 is 1.25 bits per heavy atom. The molecule has 0 bridgehead atoms. The van der Waals surface area contributed by atoms with E-state index in [1.54, 1.807) is 24.3 Å². The van der Waals surface area contributed by atoms with Crippen LogP contribution in [0.3, 0.4) is 0 Å². The molecule has 9 heteroatoms.